The Balaban J connectivity index is 1.48. The average molecular weight is 542 g/mol. The van der Waals surface area contributed by atoms with Crippen molar-refractivity contribution in [1.82, 2.24) is 0 Å². The Morgan fingerprint density at radius 2 is 1.02 bits per heavy atom. The summed E-state index contributed by atoms with van der Waals surface area (Å²) in [5.41, 5.74) is -0.0521. The zero-order valence-corrected chi connectivity index (χ0v) is 20.7. The first-order valence-corrected chi connectivity index (χ1v) is 12.3. The molecule has 0 radical (unpaired) electrons. The van der Waals surface area contributed by atoms with E-state index in [-0.39, 0.29) is 58.1 Å². The van der Waals surface area contributed by atoms with Crippen LogP contribution in [0.4, 0.5) is 0 Å². The largest absolute Gasteiger partial charge is 0.508 e. The number of hydrogen-bond acceptors (Lipinski definition) is 10. The van der Waals surface area contributed by atoms with E-state index >= 15 is 0 Å². The quantitative estimate of drug-likeness (QED) is 0.207. The third-order valence-corrected chi connectivity index (χ3v) is 7.09. The Morgan fingerprint density at radius 1 is 0.550 bits per heavy atom. The summed E-state index contributed by atoms with van der Waals surface area (Å²) in [7, 11) is 0. The van der Waals surface area contributed by atoms with Crippen LogP contribution in [0.25, 0.3) is 11.1 Å². The molecule has 202 valence electrons. The third-order valence-electron chi connectivity index (χ3n) is 7.09. The van der Waals surface area contributed by atoms with Crippen LogP contribution in [0.2, 0.25) is 0 Å². The first kappa shape index (κ1) is 24.9. The summed E-state index contributed by atoms with van der Waals surface area (Å²) < 4.78 is 12.0. The molecule has 0 amide bonds. The van der Waals surface area contributed by atoms with Crippen molar-refractivity contribution in [3.63, 3.8) is 0 Å². The molecule has 2 atom stereocenters. The number of carbonyl (C=O) groups is 2. The van der Waals surface area contributed by atoms with E-state index in [4.69, 9.17) is 9.47 Å². The second-order valence-electron chi connectivity index (χ2n) is 9.64. The normalized spacial score (nSPS) is 17.9. The predicted octanol–water partition coefficient (Wildman–Crippen LogP) is 5.00. The van der Waals surface area contributed by atoms with Crippen LogP contribution in [0, 0.1) is 0 Å². The Hall–Kier alpha value is -5.38. The number of hydrogen-bond donors (Lipinski definition) is 6. The lowest BCUT2D eigenvalue weighted by Crippen LogP contribution is -2.22. The molecule has 0 aliphatic carbocycles. The molecule has 10 heteroatoms. The molecule has 0 aromatic heterocycles. The summed E-state index contributed by atoms with van der Waals surface area (Å²) in [6.07, 6.45) is -1.94. The standard InChI is InChI=1S/C30H22O10/c31-15-5-1-13(2-6-15)22-11-20(36)26-24(39-22)12-21(37)27(29(26)38)28-18(34)9-17(33)25-19(35)10-23(40-30(25)28)14-3-7-16(32)8-4-14/h1-9,12,22-23,31-34,37-38H,10-11H2. The van der Waals surface area contributed by atoms with Crippen LogP contribution in [0.1, 0.15) is 56.9 Å². The summed E-state index contributed by atoms with van der Waals surface area (Å²) in [4.78, 5) is 26.3. The van der Waals surface area contributed by atoms with Gasteiger partial charge in [-0.3, -0.25) is 9.59 Å². The maximum atomic E-state index is 13.2. The van der Waals surface area contributed by atoms with Crippen molar-refractivity contribution in [2.24, 2.45) is 0 Å². The maximum Gasteiger partial charge on any atom is 0.174 e. The molecule has 10 nitrogen and oxygen atoms in total. The summed E-state index contributed by atoms with van der Waals surface area (Å²) in [5.74, 6) is -3.83. The van der Waals surface area contributed by atoms with E-state index < -0.39 is 46.8 Å². The molecule has 2 unspecified atom stereocenters. The number of Topliss-reactive ketones (excluding diaryl/α,β-unsaturated/α-hetero) is 2. The summed E-state index contributed by atoms with van der Waals surface area (Å²) >= 11 is 0. The van der Waals surface area contributed by atoms with Gasteiger partial charge in [-0.2, -0.15) is 0 Å². The van der Waals surface area contributed by atoms with Gasteiger partial charge in [-0.25, -0.2) is 0 Å². The minimum Gasteiger partial charge on any atom is -0.508 e. The Bertz CT molecular complexity index is 1690. The van der Waals surface area contributed by atoms with Crippen molar-refractivity contribution in [2.45, 2.75) is 25.0 Å². The number of benzene rings is 4. The van der Waals surface area contributed by atoms with Gasteiger partial charge in [-0.05, 0) is 35.4 Å². The molecule has 40 heavy (non-hydrogen) atoms. The van der Waals surface area contributed by atoms with E-state index in [1.807, 2.05) is 0 Å². The van der Waals surface area contributed by atoms with Crippen molar-refractivity contribution in [1.29, 1.82) is 0 Å². The Labute approximate surface area is 226 Å². The highest BCUT2D eigenvalue weighted by Gasteiger charge is 2.38. The molecule has 0 bridgehead atoms. The second kappa shape index (κ2) is 9.12. The van der Waals surface area contributed by atoms with Gasteiger partial charge in [0.15, 0.2) is 11.6 Å². The lowest BCUT2D eigenvalue weighted by atomic mass is 9.88. The maximum absolute atomic E-state index is 13.2. The number of phenolic OH excluding ortho intramolecular Hbond substituents is 6. The molecule has 2 aliphatic rings. The highest BCUT2D eigenvalue weighted by Crippen LogP contribution is 2.56. The van der Waals surface area contributed by atoms with Gasteiger partial charge in [0.05, 0.1) is 24.0 Å². The van der Waals surface area contributed by atoms with E-state index in [1.165, 1.54) is 24.3 Å². The second-order valence-corrected chi connectivity index (χ2v) is 9.64. The molecule has 0 fully saturated rings. The fourth-order valence-electron chi connectivity index (χ4n) is 5.17. The number of ketones is 2. The van der Waals surface area contributed by atoms with Crippen molar-refractivity contribution in [3.05, 3.63) is 82.9 Å². The molecule has 6 rings (SSSR count). The number of aromatic hydroxyl groups is 6. The van der Waals surface area contributed by atoms with Gasteiger partial charge in [-0.15, -0.1) is 0 Å². The molecule has 2 heterocycles. The van der Waals surface area contributed by atoms with Crippen molar-refractivity contribution >= 4 is 11.6 Å². The van der Waals surface area contributed by atoms with E-state index in [1.54, 1.807) is 24.3 Å². The highest BCUT2D eigenvalue weighted by atomic mass is 16.5. The zero-order valence-electron chi connectivity index (χ0n) is 20.7. The number of ether oxygens (including phenoxy) is 2. The average Bonchev–Trinajstić information content (AvgIpc) is 2.90. The lowest BCUT2D eigenvalue weighted by Gasteiger charge is -2.30. The lowest BCUT2D eigenvalue weighted by molar-refractivity contribution is 0.0833. The Morgan fingerprint density at radius 3 is 1.60 bits per heavy atom. The van der Waals surface area contributed by atoms with Crippen LogP contribution in [-0.2, 0) is 0 Å². The zero-order chi connectivity index (χ0) is 28.3. The fourth-order valence-corrected chi connectivity index (χ4v) is 5.17. The fraction of sp³-hybridized carbons (Fsp3) is 0.133. The third kappa shape index (κ3) is 3.97. The molecule has 4 aromatic carbocycles. The number of rotatable bonds is 3. The molecule has 6 N–H and O–H groups in total. The molecule has 4 aromatic rings. The highest BCUT2D eigenvalue weighted by molar-refractivity contribution is 6.09. The van der Waals surface area contributed by atoms with Crippen LogP contribution in [0.15, 0.2) is 60.7 Å². The summed E-state index contributed by atoms with van der Waals surface area (Å²) in [6.45, 7) is 0. The van der Waals surface area contributed by atoms with Gasteiger partial charge in [0.1, 0.15) is 69.3 Å². The predicted molar refractivity (Wildman–Crippen MR) is 139 cm³/mol. The number of fused-ring (bicyclic) bond motifs is 2. The SMILES string of the molecule is O=C1CC(c2ccc(O)cc2)Oc2cc(O)c(-c3c(O)cc(O)c4c3OC(c3ccc(O)cc3)CC4=O)c(O)c21. The smallest absolute Gasteiger partial charge is 0.174 e. The monoisotopic (exact) mass is 542 g/mol. The molecular formula is C30H22O10. The van der Waals surface area contributed by atoms with Gasteiger partial charge in [0.25, 0.3) is 0 Å². The summed E-state index contributed by atoms with van der Waals surface area (Å²) in [6, 6.07) is 14.0. The van der Waals surface area contributed by atoms with E-state index in [0.29, 0.717) is 11.1 Å². The molecule has 0 saturated carbocycles. The van der Waals surface area contributed by atoms with Crippen molar-refractivity contribution < 1.29 is 49.7 Å². The summed E-state index contributed by atoms with van der Waals surface area (Å²) in [5, 5.41) is 62.8. The van der Waals surface area contributed by atoms with Gasteiger partial charge < -0.3 is 40.1 Å². The Kier molecular flexibility index (Phi) is 5.69. The molecule has 2 aliphatic heterocycles. The van der Waals surface area contributed by atoms with Crippen LogP contribution in [-0.4, -0.2) is 42.2 Å². The molecular weight excluding hydrogens is 520 g/mol. The first-order valence-electron chi connectivity index (χ1n) is 12.3. The first-order chi connectivity index (χ1) is 19.1. The van der Waals surface area contributed by atoms with E-state index in [2.05, 4.69) is 0 Å². The van der Waals surface area contributed by atoms with Gasteiger partial charge in [0.2, 0.25) is 0 Å². The van der Waals surface area contributed by atoms with Crippen molar-refractivity contribution in [3.8, 4) is 57.1 Å². The van der Waals surface area contributed by atoms with Crippen LogP contribution in [0.5, 0.6) is 46.0 Å². The van der Waals surface area contributed by atoms with E-state index in [0.717, 1.165) is 12.1 Å². The van der Waals surface area contributed by atoms with Crippen molar-refractivity contribution in [2.75, 3.05) is 0 Å². The van der Waals surface area contributed by atoms with Crippen LogP contribution >= 0.6 is 0 Å². The van der Waals surface area contributed by atoms with E-state index in [9.17, 15) is 40.2 Å². The number of phenols is 6. The number of carbonyl (C=O) groups excluding carboxylic acids is 2. The van der Waals surface area contributed by atoms with Gasteiger partial charge in [0, 0.05) is 12.1 Å². The molecule has 0 spiro atoms. The minimum atomic E-state index is -0.876. The topological polar surface area (TPSA) is 174 Å². The van der Waals surface area contributed by atoms with Gasteiger partial charge >= 0.3 is 0 Å². The van der Waals surface area contributed by atoms with Crippen LogP contribution < -0.4 is 9.47 Å². The van der Waals surface area contributed by atoms with Gasteiger partial charge in [-0.1, -0.05) is 24.3 Å². The van der Waals surface area contributed by atoms with Crippen LogP contribution in [0.3, 0.4) is 0 Å². The minimum absolute atomic E-state index is 0.00528. The molecule has 0 saturated heterocycles.